The van der Waals surface area contributed by atoms with E-state index in [1.807, 2.05) is 25.1 Å². The Morgan fingerprint density at radius 2 is 2.16 bits per heavy atom. The average molecular weight is 340 g/mol. The molecule has 2 aromatic rings. The second-order valence-electron chi connectivity index (χ2n) is 6.92. The maximum atomic E-state index is 5.28. The van der Waals surface area contributed by atoms with Crippen molar-refractivity contribution in [3.05, 3.63) is 41.6 Å². The second-order valence-corrected chi connectivity index (χ2v) is 6.92. The van der Waals surface area contributed by atoms with Gasteiger partial charge in [-0.3, -0.25) is 0 Å². The van der Waals surface area contributed by atoms with E-state index in [1.165, 1.54) is 18.4 Å². The van der Waals surface area contributed by atoms with Crippen molar-refractivity contribution in [2.75, 3.05) is 37.0 Å². The molecule has 5 heteroatoms. The first-order valence-electron chi connectivity index (χ1n) is 9.11. The molecule has 1 aliphatic heterocycles. The van der Waals surface area contributed by atoms with Crippen LogP contribution in [0.1, 0.15) is 31.0 Å². The van der Waals surface area contributed by atoms with Crippen LogP contribution < -0.4 is 15.0 Å². The normalized spacial score (nSPS) is 17.4. The molecule has 0 bridgehead atoms. The van der Waals surface area contributed by atoms with Gasteiger partial charge in [0, 0.05) is 31.4 Å². The highest BCUT2D eigenvalue weighted by molar-refractivity contribution is 5.44. The highest BCUT2D eigenvalue weighted by Gasteiger charge is 2.19. The summed E-state index contributed by atoms with van der Waals surface area (Å²) in [4.78, 5) is 11.7. The molecule has 1 aliphatic rings. The first kappa shape index (κ1) is 17.5. The van der Waals surface area contributed by atoms with E-state index in [-0.39, 0.29) is 0 Å². The number of aromatic nitrogens is 2. The quantitative estimate of drug-likeness (QED) is 0.869. The lowest BCUT2D eigenvalue weighted by Crippen LogP contribution is -2.35. The molecule has 1 aromatic heterocycles. The van der Waals surface area contributed by atoms with E-state index < -0.39 is 0 Å². The molecule has 0 spiro atoms. The van der Waals surface area contributed by atoms with Gasteiger partial charge >= 0.3 is 0 Å². The monoisotopic (exact) mass is 340 g/mol. The van der Waals surface area contributed by atoms with Gasteiger partial charge < -0.3 is 15.0 Å². The lowest BCUT2D eigenvalue weighted by atomic mass is 10.0. The van der Waals surface area contributed by atoms with Gasteiger partial charge in [0.05, 0.1) is 7.11 Å². The standard InChI is InChI=1S/C20H28N4O/c1-15-6-5-11-24(14-15)20-22-16(2)12-19(23-20)21-10-9-17-7-4-8-18(13-17)25-3/h4,7-8,12-13,15H,5-6,9-11,14H2,1-3H3,(H,21,22,23). The van der Waals surface area contributed by atoms with E-state index in [4.69, 9.17) is 9.72 Å². The summed E-state index contributed by atoms with van der Waals surface area (Å²) < 4.78 is 5.28. The molecular weight excluding hydrogens is 312 g/mol. The lowest BCUT2D eigenvalue weighted by molar-refractivity contribution is 0.414. The van der Waals surface area contributed by atoms with E-state index in [2.05, 4.69) is 34.3 Å². The van der Waals surface area contributed by atoms with Crippen molar-refractivity contribution in [2.24, 2.45) is 5.92 Å². The fourth-order valence-electron chi connectivity index (χ4n) is 3.32. The van der Waals surface area contributed by atoms with Crippen LogP contribution in [0.15, 0.2) is 30.3 Å². The number of anilines is 2. The van der Waals surface area contributed by atoms with Crippen LogP contribution in [0.3, 0.4) is 0 Å². The Morgan fingerprint density at radius 3 is 2.96 bits per heavy atom. The predicted molar refractivity (Wildman–Crippen MR) is 103 cm³/mol. The Balaban J connectivity index is 1.62. The molecule has 0 aliphatic carbocycles. The number of methoxy groups -OCH3 is 1. The molecule has 1 aromatic carbocycles. The van der Waals surface area contributed by atoms with Crippen molar-refractivity contribution < 1.29 is 4.74 Å². The number of hydrogen-bond donors (Lipinski definition) is 1. The molecule has 1 N–H and O–H groups in total. The van der Waals surface area contributed by atoms with Gasteiger partial charge in [-0.25, -0.2) is 4.98 Å². The van der Waals surface area contributed by atoms with Gasteiger partial charge in [-0.15, -0.1) is 0 Å². The van der Waals surface area contributed by atoms with Gasteiger partial charge in [0.1, 0.15) is 11.6 Å². The summed E-state index contributed by atoms with van der Waals surface area (Å²) in [7, 11) is 1.70. The third-order valence-electron chi connectivity index (χ3n) is 4.64. The highest BCUT2D eigenvalue weighted by atomic mass is 16.5. The largest absolute Gasteiger partial charge is 0.497 e. The molecule has 5 nitrogen and oxygen atoms in total. The van der Waals surface area contributed by atoms with Crippen molar-refractivity contribution in [3.63, 3.8) is 0 Å². The minimum absolute atomic E-state index is 0.710. The van der Waals surface area contributed by atoms with E-state index in [0.29, 0.717) is 5.92 Å². The number of hydrogen-bond acceptors (Lipinski definition) is 5. The Hall–Kier alpha value is -2.30. The van der Waals surface area contributed by atoms with Gasteiger partial charge in [0.15, 0.2) is 0 Å². The van der Waals surface area contributed by atoms with Crippen molar-refractivity contribution >= 4 is 11.8 Å². The Morgan fingerprint density at radius 1 is 1.28 bits per heavy atom. The molecule has 1 saturated heterocycles. The van der Waals surface area contributed by atoms with Crippen molar-refractivity contribution in [3.8, 4) is 5.75 Å². The zero-order valence-electron chi connectivity index (χ0n) is 15.5. The summed E-state index contributed by atoms with van der Waals surface area (Å²) in [6.07, 6.45) is 3.45. The van der Waals surface area contributed by atoms with Gasteiger partial charge in [0.2, 0.25) is 5.95 Å². The summed E-state index contributed by atoms with van der Waals surface area (Å²) in [5.74, 6) is 3.37. The topological polar surface area (TPSA) is 50.3 Å². The molecule has 2 heterocycles. The zero-order chi connectivity index (χ0) is 17.6. The van der Waals surface area contributed by atoms with Crippen molar-refractivity contribution in [1.29, 1.82) is 0 Å². The lowest BCUT2D eigenvalue weighted by Gasteiger charge is -2.31. The van der Waals surface area contributed by atoms with Gasteiger partial charge in [-0.2, -0.15) is 4.98 Å². The Labute approximate surface area is 150 Å². The van der Waals surface area contributed by atoms with Crippen LogP contribution in [0.2, 0.25) is 0 Å². The summed E-state index contributed by atoms with van der Waals surface area (Å²) in [6, 6.07) is 10.2. The highest BCUT2D eigenvalue weighted by Crippen LogP contribution is 2.21. The van der Waals surface area contributed by atoms with Crippen molar-refractivity contribution in [1.82, 2.24) is 9.97 Å². The maximum Gasteiger partial charge on any atom is 0.227 e. The number of nitrogens with zero attached hydrogens (tertiary/aromatic N) is 3. The summed E-state index contributed by atoms with van der Waals surface area (Å²) in [5.41, 5.74) is 2.26. The molecular formula is C20H28N4O. The molecule has 0 amide bonds. The first-order chi connectivity index (χ1) is 12.1. The summed E-state index contributed by atoms with van der Waals surface area (Å²) in [5, 5.41) is 3.44. The number of aryl methyl sites for hydroxylation is 1. The molecule has 0 radical (unpaired) electrons. The first-order valence-corrected chi connectivity index (χ1v) is 9.11. The van der Waals surface area contributed by atoms with Crippen LogP contribution in [0.5, 0.6) is 5.75 Å². The molecule has 1 unspecified atom stereocenters. The van der Waals surface area contributed by atoms with Gasteiger partial charge in [-0.1, -0.05) is 19.1 Å². The minimum Gasteiger partial charge on any atom is -0.497 e. The van der Waals surface area contributed by atoms with Crippen LogP contribution in [-0.4, -0.2) is 36.7 Å². The van der Waals surface area contributed by atoms with Crippen LogP contribution in [0.25, 0.3) is 0 Å². The van der Waals surface area contributed by atoms with Gasteiger partial charge in [0.25, 0.3) is 0 Å². The van der Waals surface area contributed by atoms with Crippen LogP contribution in [0.4, 0.5) is 11.8 Å². The van der Waals surface area contributed by atoms with E-state index >= 15 is 0 Å². The van der Waals surface area contributed by atoms with E-state index in [0.717, 1.165) is 49.3 Å². The fourth-order valence-corrected chi connectivity index (χ4v) is 3.32. The molecule has 3 rings (SSSR count). The SMILES string of the molecule is COc1cccc(CCNc2cc(C)nc(N3CCCC(C)C3)n2)c1. The van der Waals surface area contributed by atoms with E-state index in [1.54, 1.807) is 7.11 Å². The van der Waals surface area contributed by atoms with Gasteiger partial charge in [-0.05, 0) is 49.8 Å². The Kier molecular flexibility index (Phi) is 5.74. The van der Waals surface area contributed by atoms with Crippen molar-refractivity contribution in [2.45, 2.75) is 33.1 Å². The number of piperidine rings is 1. The third-order valence-corrected chi connectivity index (χ3v) is 4.64. The molecule has 1 fully saturated rings. The summed E-state index contributed by atoms with van der Waals surface area (Å²) >= 11 is 0. The fraction of sp³-hybridized carbons (Fsp3) is 0.500. The second kappa shape index (κ2) is 8.19. The number of rotatable bonds is 6. The number of ether oxygens (including phenoxy) is 1. The number of nitrogens with one attached hydrogen (secondary N) is 1. The van der Waals surface area contributed by atoms with Crippen LogP contribution >= 0.6 is 0 Å². The predicted octanol–water partition coefficient (Wildman–Crippen LogP) is 3.68. The number of benzene rings is 1. The maximum absolute atomic E-state index is 5.28. The molecule has 0 saturated carbocycles. The summed E-state index contributed by atoms with van der Waals surface area (Å²) in [6.45, 7) is 7.27. The average Bonchev–Trinajstić information content (AvgIpc) is 2.61. The zero-order valence-corrected chi connectivity index (χ0v) is 15.5. The third kappa shape index (κ3) is 4.84. The molecule has 25 heavy (non-hydrogen) atoms. The smallest absolute Gasteiger partial charge is 0.227 e. The minimum atomic E-state index is 0.710. The molecule has 134 valence electrons. The van der Waals surface area contributed by atoms with E-state index in [9.17, 15) is 0 Å². The van der Waals surface area contributed by atoms with Crippen LogP contribution in [0, 0.1) is 12.8 Å². The van der Waals surface area contributed by atoms with Crippen LogP contribution in [-0.2, 0) is 6.42 Å². The molecule has 1 atom stereocenters. The Bertz CT molecular complexity index is 704.